The molecule has 0 aromatic carbocycles. The summed E-state index contributed by atoms with van der Waals surface area (Å²) in [6, 6.07) is 0. The fourth-order valence-electron chi connectivity index (χ4n) is 1.05. The molecule has 1 N–H and O–H groups in total. The molecule has 0 aliphatic carbocycles. The molecule has 0 radical (unpaired) electrons. The number of rotatable bonds is 8. The summed E-state index contributed by atoms with van der Waals surface area (Å²) >= 11 is 0. The third-order valence-electron chi connectivity index (χ3n) is 2.22. The molecule has 0 saturated heterocycles. The van der Waals surface area contributed by atoms with E-state index in [4.69, 9.17) is 4.55 Å². The van der Waals surface area contributed by atoms with Crippen molar-refractivity contribution >= 4 is 22.1 Å². The average molecular weight is 352 g/mol. The lowest BCUT2D eigenvalue weighted by atomic mass is 10.1. The van der Waals surface area contributed by atoms with E-state index in [1.54, 1.807) is 0 Å². The van der Waals surface area contributed by atoms with Crippen LogP contribution in [0.4, 0.5) is 17.6 Å². The zero-order chi connectivity index (χ0) is 17.8. The molecule has 0 saturated carbocycles. The summed E-state index contributed by atoms with van der Waals surface area (Å²) in [7, 11) is -5.95. The molecular formula is C10H12F4O7S. The summed E-state index contributed by atoms with van der Waals surface area (Å²) in [6.07, 6.45) is -2.36. The zero-order valence-electron chi connectivity index (χ0n) is 11.1. The Labute approximate surface area is 122 Å². The molecule has 0 fully saturated rings. The molecule has 0 aromatic heterocycles. The van der Waals surface area contributed by atoms with E-state index in [1.165, 1.54) is 0 Å². The van der Waals surface area contributed by atoms with Crippen molar-refractivity contribution < 1.29 is 49.6 Å². The van der Waals surface area contributed by atoms with Gasteiger partial charge in [-0.2, -0.15) is 26.0 Å². The van der Waals surface area contributed by atoms with Gasteiger partial charge in [0, 0.05) is 6.08 Å². The van der Waals surface area contributed by atoms with Gasteiger partial charge in [0.2, 0.25) is 0 Å². The number of carbonyl (C=O) groups is 2. The molecule has 22 heavy (non-hydrogen) atoms. The standard InChI is InChI=1S/C10H12F4O7S/c1-3-6(21-7(15)4-2)10(13,14)8(16)20-5-9(11,12)22(17,18)19/h4,6H,2-3,5H2,1H3,(H,17,18,19). The largest absolute Gasteiger partial charge is 0.453 e. The number of hydrogen-bond acceptors (Lipinski definition) is 6. The van der Waals surface area contributed by atoms with E-state index in [0.717, 1.165) is 6.92 Å². The average Bonchev–Trinajstić information content (AvgIpc) is 2.40. The molecule has 0 aliphatic heterocycles. The first-order valence-corrected chi connectivity index (χ1v) is 6.96. The van der Waals surface area contributed by atoms with Crippen LogP contribution in [0.15, 0.2) is 12.7 Å². The van der Waals surface area contributed by atoms with Crippen LogP contribution in [-0.4, -0.2) is 48.8 Å². The Morgan fingerprint density at radius 1 is 1.32 bits per heavy atom. The summed E-state index contributed by atoms with van der Waals surface area (Å²) in [6.45, 7) is 1.72. The van der Waals surface area contributed by atoms with Crippen molar-refractivity contribution in [1.82, 2.24) is 0 Å². The molecule has 12 heteroatoms. The van der Waals surface area contributed by atoms with Crippen molar-refractivity contribution in [2.45, 2.75) is 30.6 Å². The molecule has 0 bridgehead atoms. The maximum Gasteiger partial charge on any atom is 0.402 e. The second kappa shape index (κ2) is 7.05. The van der Waals surface area contributed by atoms with Crippen molar-refractivity contribution in [3.8, 4) is 0 Å². The molecule has 0 heterocycles. The first-order valence-electron chi connectivity index (χ1n) is 5.52. The Kier molecular flexibility index (Phi) is 6.51. The summed E-state index contributed by atoms with van der Waals surface area (Å²) in [5.41, 5.74) is 0. The summed E-state index contributed by atoms with van der Waals surface area (Å²) in [5, 5.41) is -4.96. The Balaban J connectivity index is 5.02. The number of hydrogen-bond donors (Lipinski definition) is 1. The number of alkyl halides is 4. The molecule has 0 aliphatic rings. The van der Waals surface area contributed by atoms with Crippen molar-refractivity contribution in [3.05, 3.63) is 12.7 Å². The topological polar surface area (TPSA) is 107 Å². The lowest BCUT2D eigenvalue weighted by Gasteiger charge is -2.24. The third kappa shape index (κ3) is 4.94. The Hall–Kier alpha value is -1.69. The molecule has 0 aromatic rings. The third-order valence-corrected chi connectivity index (χ3v) is 3.09. The maximum atomic E-state index is 13.6. The Morgan fingerprint density at radius 3 is 2.18 bits per heavy atom. The normalized spacial score (nSPS) is 14.1. The molecule has 0 rings (SSSR count). The zero-order valence-corrected chi connectivity index (χ0v) is 11.9. The van der Waals surface area contributed by atoms with Gasteiger partial charge in [-0.15, -0.1) is 0 Å². The second-order valence-electron chi connectivity index (χ2n) is 3.85. The van der Waals surface area contributed by atoms with Gasteiger partial charge in [0.1, 0.15) is 0 Å². The highest BCUT2D eigenvalue weighted by atomic mass is 32.2. The van der Waals surface area contributed by atoms with Crippen molar-refractivity contribution in [1.29, 1.82) is 0 Å². The van der Waals surface area contributed by atoms with Crippen molar-refractivity contribution in [2.24, 2.45) is 0 Å². The first kappa shape index (κ1) is 20.3. The molecule has 0 spiro atoms. The van der Waals surface area contributed by atoms with E-state index in [2.05, 4.69) is 16.1 Å². The molecule has 1 atom stereocenters. The van der Waals surface area contributed by atoms with E-state index in [0.29, 0.717) is 6.08 Å². The Bertz CT molecular complexity index is 543. The monoisotopic (exact) mass is 352 g/mol. The van der Waals surface area contributed by atoms with E-state index >= 15 is 0 Å². The number of ether oxygens (including phenoxy) is 2. The predicted molar refractivity (Wildman–Crippen MR) is 62.8 cm³/mol. The minimum absolute atomic E-state index is 0.538. The molecule has 0 amide bonds. The van der Waals surface area contributed by atoms with Gasteiger partial charge in [0.15, 0.2) is 12.7 Å². The van der Waals surface area contributed by atoms with E-state index in [1.807, 2.05) is 0 Å². The number of carbonyl (C=O) groups excluding carboxylic acids is 2. The van der Waals surface area contributed by atoms with Crippen LogP contribution >= 0.6 is 0 Å². The highest BCUT2D eigenvalue weighted by Gasteiger charge is 2.53. The fourth-order valence-corrected chi connectivity index (χ4v) is 1.26. The van der Waals surface area contributed by atoms with Crippen LogP contribution in [0, 0.1) is 0 Å². The van der Waals surface area contributed by atoms with E-state index in [-0.39, 0.29) is 0 Å². The van der Waals surface area contributed by atoms with Gasteiger partial charge in [0.25, 0.3) is 0 Å². The molecule has 1 unspecified atom stereocenters. The van der Waals surface area contributed by atoms with Crippen LogP contribution in [-0.2, 0) is 29.2 Å². The van der Waals surface area contributed by atoms with Crippen LogP contribution in [0.2, 0.25) is 0 Å². The molecule has 128 valence electrons. The lowest BCUT2D eigenvalue weighted by molar-refractivity contribution is -0.200. The minimum atomic E-state index is -5.95. The van der Waals surface area contributed by atoms with Gasteiger partial charge in [0.05, 0.1) is 0 Å². The summed E-state index contributed by atoms with van der Waals surface area (Å²) in [5.74, 6) is -8.34. The van der Waals surface area contributed by atoms with Gasteiger partial charge in [-0.05, 0) is 6.42 Å². The van der Waals surface area contributed by atoms with Crippen LogP contribution in [0.5, 0.6) is 0 Å². The quantitative estimate of drug-likeness (QED) is 0.302. The Morgan fingerprint density at radius 2 is 1.82 bits per heavy atom. The van der Waals surface area contributed by atoms with Crippen LogP contribution < -0.4 is 0 Å². The summed E-state index contributed by atoms with van der Waals surface area (Å²) in [4.78, 5) is 22.0. The van der Waals surface area contributed by atoms with Crippen LogP contribution in [0.1, 0.15) is 13.3 Å². The number of halogens is 4. The van der Waals surface area contributed by atoms with E-state index in [9.17, 15) is 35.6 Å². The van der Waals surface area contributed by atoms with Gasteiger partial charge < -0.3 is 9.47 Å². The van der Waals surface area contributed by atoms with Crippen molar-refractivity contribution in [3.63, 3.8) is 0 Å². The maximum absolute atomic E-state index is 13.6. The predicted octanol–water partition coefficient (Wildman–Crippen LogP) is 1.15. The minimum Gasteiger partial charge on any atom is -0.453 e. The van der Waals surface area contributed by atoms with Gasteiger partial charge >= 0.3 is 33.2 Å². The van der Waals surface area contributed by atoms with Gasteiger partial charge in [-0.1, -0.05) is 13.5 Å². The lowest BCUT2D eigenvalue weighted by Crippen LogP contribution is -2.46. The van der Waals surface area contributed by atoms with E-state index < -0.39 is 52.4 Å². The first-order chi connectivity index (χ1) is 9.79. The van der Waals surface area contributed by atoms with Gasteiger partial charge in [-0.25, -0.2) is 9.59 Å². The van der Waals surface area contributed by atoms with Gasteiger partial charge in [-0.3, -0.25) is 4.55 Å². The fraction of sp³-hybridized carbons (Fsp3) is 0.600. The molecule has 7 nitrogen and oxygen atoms in total. The smallest absolute Gasteiger partial charge is 0.402 e. The van der Waals surface area contributed by atoms with Crippen molar-refractivity contribution in [2.75, 3.05) is 6.61 Å². The summed E-state index contributed by atoms with van der Waals surface area (Å²) < 4.78 is 89.0. The highest BCUT2D eigenvalue weighted by Crippen LogP contribution is 2.28. The van der Waals surface area contributed by atoms with Crippen LogP contribution in [0.25, 0.3) is 0 Å². The highest BCUT2D eigenvalue weighted by molar-refractivity contribution is 7.86. The number of esters is 2. The van der Waals surface area contributed by atoms with Crippen LogP contribution in [0.3, 0.4) is 0 Å². The molecular weight excluding hydrogens is 340 g/mol. The second-order valence-corrected chi connectivity index (χ2v) is 5.40. The SMILES string of the molecule is C=CC(=O)OC(CC)C(F)(F)C(=O)OCC(F)(F)S(=O)(=O)O.